The second-order valence-corrected chi connectivity index (χ2v) is 8.42. The van der Waals surface area contributed by atoms with Gasteiger partial charge in [-0.1, -0.05) is 55.1 Å². The summed E-state index contributed by atoms with van der Waals surface area (Å²) in [6.07, 6.45) is 10.3. The molecule has 0 atom stereocenters. The number of hydrogen-bond acceptors (Lipinski definition) is 3. The molecular formula is C21H24Cl2N2S. The zero-order chi connectivity index (χ0) is 18.4. The summed E-state index contributed by atoms with van der Waals surface area (Å²) in [5.74, 6) is 0.775. The molecule has 1 aromatic heterocycles. The molecule has 0 amide bonds. The highest BCUT2D eigenvalue weighted by Gasteiger charge is 2.13. The average molecular weight is 407 g/mol. The first kappa shape index (κ1) is 19.6. The molecule has 5 heteroatoms. The Labute approximate surface area is 170 Å². The van der Waals surface area contributed by atoms with Crippen molar-refractivity contribution in [3.05, 3.63) is 64.4 Å². The smallest absolute Gasteiger partial charge is 0.0557 e. The van der Waals surface area contributed by atoms with Crippen LogP contribution in [0.5, 0.6) is 0 Å². The second-order valence-electron chi connectivity index (χ2n) is 6.62. The molecule has 0 aliphatic carbocycles. The average Bonchev–Trinajstić information content (AvgIpc) is 2.61. The molecule has 3 rings (SSSR count). The van der Waals surface area contributed by atoms with Crippen LogP contribution in [0.3, 0.4) is 0 Å². The van der Waals surface area contributed by atoms with Crippen molar-refractivity contribution >= 4 is 40.7 Å². The Bertz CT molecular complexity index is 735. The summed E-state index contributed by atoms with van der Waals surface area (Å²) in [7, 11) is 0. The number of halogens is 2. The van der Waals surface area contributed by atoms with E-state index in [4.69, 9.17) is 23.2 Å². The molecule has 0 spiro atoms. The van der Waals surface area contributed by atoms with Gasteiger partial charge < -0.3 is 4.90 Å². The third-order valence-electron chi connectivity index (χ3n) is 4.67. The van der Waals surface area contributed by atoms with Crippen LogP contribution in [-0.2, 0) is 5.75 Å². The first-order chi connectivity index (χ1) is 12.6. The summed E-state index contributed by atoms with van der Waals surface area (Å²) in [6, 6.07) is 7.79. The molecule has 1 fully saturated rings. The summed E-state index contributed by atoms with van der Waals surface area (Å²) in [6.45, 7) is 6.53. The highest BCUT2D eigenvalue weighted by atomic mass is 35.5. The molecule has 2 aromatic rings. The lowest BCUT2D eigenvalue weighted by Gasteiger charge is -2.28. The van der Waals surface area contributed by atoms with E-state index in [0.717, 1.165) is 40.6 Å². The van der Waals surface area contributed by atoms with Crippen molar-refractivity contribution in [3.8, 4) is 0 Å². The molecule has 1 aliphatic rings. The molecule has 1 aliphatic heterocycles. The molecular weight excluding hydrogens is 383 g/mol. The Morgan fingerprint density at radius 1 is 1.04 bits per heavy atom. The van der Waals surface area contributed by atoms with E-state index in [1.807, 2.05) is 30.6 Å². The lowest BCUT2D eigenvalue weighted by molar-refractivity contribution is 0.346. The standard InChI is InChI=1S/C21H24Cl2N2S/c1-16(25-10-5-3-2-4-6-11-25)18-12-17(13-24-14-18)15-26-21-19(22)8-7-9-20(21)23/h7-9,12-14H,1-6,10-11,15H2. The Morgan fingerprint density at radius 2 is 1.69 bits per heavy atom. The van der Waals surface area contributed by atoms with E-state index in [0.29, 0.717) is 10.0 Å². The highest BCUT2D eigenvalue weighted by molar-refractivity contribution is 7.98. The van der Waals surface area contributed by atoms with Crippen LogP contribution in [0.2, 0.25) is 10.0 Å². The molecule has 0 bridgehead atoms. The fourth-order valence-electron chi connectivity index (χ4n) is 3.20. The molecule has 138 valence electrons. The van der Waals surface area contributed by atoms with Crippen molar-refractivity contribution in [2.45, 2.75) is 42.8 Å². The summed E-state index contributed by atoms with van der Waals surface area (Å²) >= 11 is 14.2. The molecule has 1 saturated heterocycles. The Morgan fingerprint density at radius 3 is 2.38 bits per heavy atom. The van der Waals surface area contributed by atoms with Crippen molar-refractivity contribution in [1.82, 2.24) is 9.88 Å². The summed E-state index contributed by atoms with van der Waals surface area (Å²) in [5.41, 5.74) is 3.34. The number of benzene rings is 1. The highest BCUT2D eigenvalue weighted by Crippen LogP contribution is 2.35. The predicted molar refractivity (Wildman–Crippen MR) is 114 cm³/mol. The molecule has 0 radical (unpaired) electrons. The fraction of sp³-hybridized carbons (Fsp3) is 0.381. The van der Waals surface area contributed by atoms with Gasteiger partial charge in [0.1, 0.15) is 0 Å². The quantitative estimate of drug-likeness (QED) is 0.501. The SMILES string of the molecule is C=C(c1cncc(CSc2c(Cl)cccc2Cl)c1)N1CCCCCCC1. The van der Waals surface area contributed by atoms with Gasteiger partial charge in [-0.2, -0.15) is 0 Å². The monoisotopic (exact) mass is 406 g/mol. The minimum Gasteiger partial charge on any atom is -0.371 e. The largest absolute Gasteiger partial charge is 0.371 e. The Balaban J connectivity index is 1.68. The van der Waals surface area contributed by atoms with Crippen LogP contribution < -0.4 is 0 Å². The molecule has 2 nitrogen and oxygen atoms in total. The van der Waals surface area contributed by atoms with Crippen LogP contribution in [0.1, 0.15) is 43.2 Å². The number of aromatic nitrogens is 1. The number of hydrogen-bond donors (Lipinski definition) is 0. The third kappa shape index (κ3) is 5.18. The lowest BCUT2D eigenvalue weighted by Crippen LogP contribution is -2.25. The van der Waals surface area contributed by atoms with E-state index < -0.39 is 0 Å². The molecule has 1 aromatic carbocycles. The van der Waals surface area contributed by atoms with E-state index in [1.54, 1.807) is 11.8 Å². The second kappa shape index (κ2) is 9.68. The summed E-state index contributed by atoms with van der Waals surface area (Å²) in [4.78, 5) is 7.77. The first-order valence-electron chi connectivity index (χ1n) is 9.10. The zero-order valence-electron chi connectivity index (χ0n) is 14.9. The topological polar surface area (TPSA) is 16.1 Å². The number of nitrogens with zero attached hydrogens (tertiary/aromatic N) is 2. The fourth-order valence-corrected chi connectivity index (χ4v) is 4.81. The minimum atomic E-state index is 0.691. The first-order valence-corrected chi connectivity index (χ1v) is 10.8. The molecule has 2 heterocycles. The van der Waals surface area contributed by atoms with Gasteiger partial charge in [-0.25, -0.2) is 0 Å². The van der Waals surface area contributed by atoms with E-state index in [1.165, 1.54) is 32.1 Å². The summed E-state index contributed by atoms with van der Waals surface area (Å²) < 4.78 is 0. The van der Waals surface area contributed by atoms with Crippen molar-refractivity contribution < 1.29 is 0 Å². The van der Waals surface area contributed by atoms with Crippen LogP contribution in [0.4, 0.5) is 0 Å². The van der Waals surface area contributed by atoms with E-state index in [-0.39, 0.29) is 0 Å². The van der Waals surface area contributed by atoms with Gasteiger partial charge in [0.25, 0.3) is 0 Å². The summed E-state index contributed by atoms with van der Waals surface area (Å²) in [5, 5.41) is 1.38. The maximum absolute atomic E-state index is 6.27. The zero-order valence-corrected chi connectivity index (χ0v) is 17.2. The van der Waals surface area contributed by atoms with Gasteiger partial charge in [0.2, 0.25) is 0 Å². The molecule has 26 heavy (non-hydrogen) atoms. The van der Waals surface area contributed by atoms with Gasteiger partial charge in [0, 0.05) is 47.4 Å². The van der Waals surface area contributed by atoms with E-state index in [2.05, 4.69) is 22.5 Å². The van der Waals surface area contributed by atoms with E-state index >= 15 is 0 Å². The van der Waals surface area contributed by atoms with Crippen LogP contribution in [-0.4, -0.2) is 23.0 Å². The molecule has 0 N–H and O–H groups in total. The van der Waals surface area contributed by atoms with Gasteiger partial charge in [0.05, 0.1) is 10.0 Å². The minimum absolute atomic E-state index is 0.691. The maximum Gasteiger partial charge on any atom is 0.0557 e. The van der Waals surface area contributed by atoms with Gasteiger partial charge in [-0.3, -0.25) is 4.98 Å². The lowest BCUT2D eigenvalue weighted by atomic mass is 10.1. The van der Waals surface area contributed by atoms with Crippen LogP contribution in [0.15, 0.2) is 48.1 Å². The third-order valence-corrected chi connectivity index (χ3v) is 6.73. The normalized spacial score (nSPS) is 15.4. The number of pyridine rings is 1. The number of likely N-dealkylation sites (tertiary alicyclic amines) is 1. The van der Waals surface area contributed by atoms with Gasteiger partial charge in [-0.05, 0) is 36.6 Å². The van der Waals surface area contributed by atoms with Gasteiger partial charge in [-0.15, -0.1) is 11.8 Å². The van der Waals surface area contributed by atoms with E-state index in [9.17, 15) is 0 Å². The van der Waals surface area contributed by atoms with Gasteiger partial charge in [0.15, 0.2) is 0 Å². The Kier molecular flexibility index (Phi) is 7.30. The molecule has 0 unspecified atom stereocenters. The maximum atomic E-state index is 6.27. The van der Waals surface area contributed by atoms with Crippen LogP contribution >= 0.6 is 35.0 Å². The van der Waals surface area contributed by atoms with Crippen molar-refractivity contribution in [1.29, 1.82) is 0 Å². The van der Waals surface area contributed by atoms with Crippen LogP contribution in [0.25, 0.3) is 5.70 Å². The molecule has 0 saturated carbocycles. The van der Waals surface area contributed by atoms with Crippen molar-refractivity contribution in [2.24, 2.45) is 0 Å². The predicted octanol–water partition coefficient (Wildman–Crippen LogP) is 6.92. The van der Waals surface area contributed by atoms with Crippen LogP contribution in [0, 0.1) is 0 Å². The van der Waals surface area contributed by atoms with Gasteiger partial charge >= 0.3 is 0 Å². The Hall–Kier alpha value is -1.16. The number of thioether (sulfide) groups is 1. The van der Waals surface area contributed by atoms with Crippen molar-refractivity contribution in [3.63, 3.8) is 0 Å². The number of rotatable bonds is 5. The van der Waals surface area contributed by atoms with Crippen molar-refractivity contribution in [2.75, 3.05) is 13.1 Å².